The lowest BCUT2D eigenvalue weighted by Gasteiger charge is -2.08. The van der Waals surface area contributed by atoms with Crippen LogP contribution in [0.15, 0.2) is 4.47 Å². The Kier molecular flexibility index (Phi) is 4.56. The fourth-order valence-electron chi connectivity index (χ4n) is 2.51. The van der Waals surface area contributed by atoms with Gasteiger partial charge in [-0.15, -0.1) is 0 Å². The zero-order chi connectivity index (χ0) is 13.1. The first kappa shape index (κ1) is 13.7. The van der Waals surface area contributed by atoms with E-state index in [0.29, 0.717) is 24.5 Å². The molecule has 4 nitrogen and oxygen atoms in total. The number of hydrogen-bond donors (Lipinski definition) is 1. The minimum absolute atomic E-state index is 0.319. The SMILES string of the molecule is CCn1nc(C)c(Br)c1CC(=O)CC1CCNC1. The first-order valence-electron chi connectivity index (χ1n) is 6.56. The maximum atomic E-state index is 12.1. The monoisotopic (exact) mass is 313 g/mol. The quantitative estimate of drug-likeness (QED) is 0.905. The van der Waals surface area contributed by atoms with Gasteiger partial charge in [-0.05, 0) is 55.2 Å². The molecule has 2 heterocycles. The van der Waals surface area contributed by atoms with E-state index in [-0.39, 0.29) is 0 Å². The highest BCUT2D eigenvalue weighted by molar-refractivity contribution is 9.10. The van der Waals surface area contributed by atoms with Crippen LogP contribution in [0, 0.1) is 12.8 Å². The Morgan fingerprint density at radius 3 is 3.00 bits per heavy atom. The van der Waals surface area contributed by atoms with Crippen LogP contribution in [0.4, 0.5) is 0 Å². The van der Waals surface area contributed by atoms with E-state index in [4.69, 9.17) is 0 Å². The standard InChI is InChI=1S/C13H20BrN3O/c1-3-17-12(13(14)9(2)16-17)7-11(18)6-10-4-5-15-8-10/h10,15H,3-8H2,1-2H3. The predicted octanol–water partition coefficient (Wildman–Crippen LogP) is 2.09. The van der Waals surface area contributed by atoms with Crippen molar-refractivity contribution in [3.8, 4) is 0 Å². The average Bonchev–Trinajstić information content (AvgIpc) is 2.92. The molecule has 1 fully saturated rings. The molecule has 1 aliphatic rings. The highest BCUT2D eigenvalue weighted by atomic mass is 79.9. The molecule has 0 bridgehead atoms. The van der Waals surface area contributed by atoms with Gasteiger partial charge in [-0.25, -0.2) is 0 Å². The molecule has 1 aromatic rings. The third-order valence-corrected chi connectivity index (χ3v) is 4.53. The number of nitrogens with zero attached hydrogens (tertiary/aromatic N) is 2. The maximum Gasteiger partial charge on any atom is 0.139 e. The van der Waals surface area contributed by atoms with Gasteiger partial charge in [0.15, 0.2) is 0 Å². The van der Waals surface area contributed by atoms with E-state index in [1.54, 1.807) is 0 Å². The van der Waals surface area contributed by atoms with E-state index < -0.39 is 0 Å². The number of halogens is 1. The van der Waals surface area contributed by atoms with Crippen molar-refractivity contribution in [2.75, 3.05) is 13.1 Å². The van der Waals surface area contributed by atoms with E-state index >= 15 is 0 Å². The molecule has 0 aromatic carbocycles. The van der Waals surface area contributed by atoms with Crippen LogP contribution in [-0.2, 0) is 17.8 Å². The Balaban J connectivity index is 2.01. The van der Waals surface area contributed by atoms with Crippen molar-refractivity contribution < 1.29 is 4.79 Å². The molecule has 1 N–H and O–H groups in total. The van der Waals surface area contributed by atoms with Crippen LogP contribution in [0.1, 0.15) is 31.2 Å². The summed E-state index contributed by atoms with van der Waals surface area (Å²) in [5, 5.41) is 7.72. The first-order chi connectivity index (χ1) is 8.61. The molecule has 0 spiro atoms. The zero-order valence-electron chi connectivity index (χ0n) is 11.0. The van der Waals surface area contributed by atoms with Gasteiger partial charge in [-0.1, -0.05) is 0 Å². The number of carbonyl (C=O) groups excluding carboxylic acids is 1. The number of Topliss-reactive ketones (excluding diaryl/α,β-unsaturated/α-hetero) is 1. The lowest BCUT2D eigenvalue weighted by molar-refractivity contribution is -0.119. The predicted molar refractivity (Wildman–Crippen MR) is 74.6 cm³/mol. The highest BCUT2D eigenvalue weighted by Gasteiger charge is 2.21. The molecule has 0 saturated carbocycles. The number of aryl methyl sites for hydroxylation is 2. The third-order valence-electron chi connectivity index (χ3n) is 3.50. The van der Waals surface area contributed by atoms with Crippen LogP contribution < -0.4 is 5.32 Å². The summed E-state index contributed by atoms with van der Waals surface area (Å²) < 4.78 is 2.91. The largest absolute Gasteiger partial charge is 0.316 e. The van der Waals surface area contributed by atoms with Gasteiger partial charge in [-0.3, -0.25) is 9.48 Å². The molecule has 0 aliphatic carbocycles. The molecule has 18 heavy (non-hydrogen) atoms. The van der Waals surface area contributed by atoms with Crippen molar-refractivity contribution in [1.29, 1.82) is 0 Å². The van der Waals surface area contributed by atoms with E-state index in [0.717, 1.165) is 41.9 Å². The van der Waals surface area contributed by atoms with Gasteiger partial charge in [0.1, 0.15) is 5.78 Å². The van der Waals surface area contributed by atoms with Crippen LogP contribution in [0.25, 0.3) is 0 Å². The third kappa shape index (κ3) is 3.01. The van der Waals surface area contributed by atoms with Gasteiger partial charge in [0.25, 0.3) is 0 Å². The number of carbonyl (C=O) groups is 1. The molecule has 0 amide bonds. The van der Waals surface area contributed by atoms with Crippen LogP contribution in [0.3, 0.4) is 0 Å². The molecule has 100 valence electrons. The van der Waals surface area contributed by atoms with Crippen molar-refractivity contribution in [1.82, 2.24) is 15.1 Å². The number of ketones is 1. The Hall–Kier alpha value is -0.680. The summed E-state index contributed by atoms with van der Waals surface area (Å²) in [6.45, 7) is 6.85. The molecule has 2 rings (SSSR count). The summed E-state index contributed by atoms with van der Waals surface area (Å²) in [4.78, 5) is 12.1. The fraction of sp³-hybridized carbons (Fsp3) is 0.692. The summed E-state index contributed by atoms with van der Waals surface area (Å²) in [6.07, 6.45) is 2.30. The van der Waals surface area contributed by atoms with E-state index in [1.165, 1.54) is 0 Å². The molecule has 1 unspecified atom stereocenters. The molecule has 1 aliphatic heterocycles. The smallest absolute Gasteiger partial charge is 0.139 e. The van der Waals surface area contributed by atoms with E-state index in [9.17, 15) is 4.79 Å². The van der Waals surface area contributed by atoms with Crippen molar-refractivity contribution in [2.24, 2.45) is 5.92 Å². The number of hydrogen-bond acceptors (Lipinski definition) is 3. The van der Waals surface area contributed by atoms with Crippen molar-refractivity contribution in [3.63, 3.8) is 0 Å². The highest BCUT2D eigenvalue weighted by Crippen LogP contribution is 2.23. The Morgan fingerprint density at radius 1 is 1.61 bits per heavy atom. The minimum Gasteiger partial charge on any atom is -0.316 e. The summed E-state index contributed by atoms with van der Waals surface area (Å²) in [6, 6.07) is 0. The van der Waals surface area contributed by atoms with Gasteiger partial charge in [0.05, 0.1) is 15.9 Å². The molecule has 1 atom stereocenters. The lowest BCUT2D eigenvalue weighted by atomic mass is 9.99. The minimum atomic E-state index is 0.319. The zero-order valence-corrected chi connectivity index (χ0v) is 12.6. The van der Waals surface area contributed by atoms with Crippen molar-refractivity contribution >= 4 is 21.7 Å². The van der Waals surface area contributed by atoms with Gasteiger partial charge in [-0.2, -0.15) is 5.10 Å². The second-order valence-corrected chi connectivity index (χ2v) is 5.73. The number of rotatable bonds is 5. The lowest BCUT2D eigenvalue weighted by Crippen LogP contribution is -2.16. The maximum absolute atomic E-state index is 12.1. The molecule has 5 heteroatoms. The van der Waals surface area contributed by atoms with Crippen LogP contribution in [-0.4, -0.2) is 28.7 Å². The molecular weight excluding hydrogens is 294 g/mol. The number of nitrogens with one attached hydrogen (secondary N) is 1. The summed E-state index contributed by atoms with van der Waals surface area (Å²) in [5.74, 6) is 0.842. The normalized spacial score (nSPS) is 19.4. The van der Waals surface area contributed by atoms with E-state index in [2.05, 4.69) is 26.3 Å². The van der Waals surface area contributed by atoms with Gasteiger partial charge in [0, 0.05) is 19.4 Å². The Morgan fingerprint density at radius 2 is 2.39 bits per heavy atom. The topological polar surface area (TPSA) is 46.9 Å². The average molecular weight is 314 g/mol. The van der Waals surface area contributed by atoms with E-state index in [1.807, 2.05) is 18.5 Å². The van der Waals surface area contributed by atoms with Gasteiger partial charge in [0.2, 0.25) is 0 Å². The molecule has 1 aromatic heterocycles. The Labute approximate surface area is 116 Å². The molecule has 1 saturated heterocycles. The van der Waals surface area contributed by atoms with Gasteiger partial charge >= 0.3 is 0 Å². The van der Waals surface area contributed by atoms with Gasteiger partial charge < -0.3 is 5.32 Å². The van der Waals surface area contributed by atoms with Crippen molar-refractivity contribution in [3.05, 3.63) is 15.9 Å². The summed E-state index contributed by atoms with van der Waals surface area (Å²) in [7, 11) is 0. The summed E-state index contributed by atoms with van der Waals surface area (Å²) >= 11 is 3.54. The first-order valence-corrected chi connectivity index (χ1v) is 7.35. The molecular formula is C13H20BrN3O. The second kappa shape index (κ2) is 5.97. The number of aromatic nitrogens is 2. The van der Waals surface area contributed by atoms with Crippen molar-refractivity contribution in [2.45, 2.75) is 39.7 Å². The second-order valence-electron chi connectivity index (χ2n) is 4.94. The summed E-state index contributed by atoms with van der Waals surface area (Å²) in [5.41, 5.74) is 1.98. The van der Waals surface area contributed by atoms with Crippen LogP contribution in [0.2, 0.25) is 0 Å². The molecule has 0 radical (unpaired) electrons. The van der Waals surface area contributed by atoms with Crippen LogP contribution >= 0.6 is 15.9 Å². The van der Waals surface area contributed by atoms with Crippen LogP contribution in [0.5, 0.6) is 0 Å². The Bertz CT molecular complexity index is 436. The fourth-order valence-corrected chi connectivity index (χ4v) is 2.93.